The summed E-state index contributed by atoms with van der Waals surface area (Å²) in [5, 5.41) is 2.94. The molecule has 0 aromatic heterocycles. The number of ether oxygens (including phenoxy) is 1. The van der Waals surface area contributed by atoms with Crippen LogP contribution >= 0.6 is 15.9 Å². The van der Waals surface area contributed by atoms with Gasteiger partial charge in [0, 0.05) is 4.47 Å². The number of carbonyl (C=O) groups is 1. The molecule has 68 valence electrons. The van der Waals surface area contributed by atoms with Gasteiger partial charge in [-0.2, -0.15) is 0 Å². The Labute approximate surface area is 84.2 Å². The van der Waals surface area contributed by atoms with E-state index in [9.17, 15) is 4.79 Å². The van der Waals surface area contributed by atoms with Crippen LogP contribution in [0.25, 0.3) is 0 Å². The SMILES string of the molecule is Cc1cc2c(cc1Br)OC(C=O)N2. The van der Waals surface area contributed by atoms with Gasteiger partial charge >= 0.3 is 0 Å². The maximum Gasteiger partial charge on any atom is 0.226 e. The molecule has 1 aliphatic rings. The monoisotopic (exact) mass is 241 g/mol. The van der Waals surface area contributed by atoms with Crippen LogP contribution in [0.2, 0.25) is 0 Å². The number of carbonyl (C=O) groups excluding carboxylic acids is 1. The van der Waals surface area contributed by atoms with Gasteiger partial charge in [-0.3, -0.25) is 4.79 Å². The number of hydrogen-bond acceptors (Lipinski definition) is 3. The summed E-state index contributed by atoms with van der Waals surface area (Å²) in [6.07, 6.45) is 0.201. The minimum absolute atomic E-state index is 0.538. The smallest absolute Gasteiger partial charge is 0.226 e. The van der Waals surface area contributed by atoms with E-state index in [-0.39, 0.29) is 0 Å². The first-order valence-corrected chi connectivity index (χ1v) is 4.68. The average molecular weight is 242 g/mol. The van der Waals surface area contributed by atoms with Gasteiger partial charge in [0.15, 0.2) is 6.29 Å². The van der Waals surface area contributed by atoms with Gasteiger partial charge in [0.25, 0.3) is 0 Å². The Hall–Kier alpha value is -1.03. The van der Waals surface area contributed by atoms with Crippen LogP contribution in [0, 0.1) is 6.92 Å². The normalized spacial score (nSPS) is 18.8. The molecular weight excluding hydrogens is 234 g/mol. The highest BCUT2D eigenvalue weighted by atomic mass is 79.9. The number of rotatable bonds is 1. The van der Waals surface area contributed by atoms with Gasteiger partial charge in [-0.25, -0.2) is 0 Å². The van der Waals surface area contributed by atoms with Crippen molar-refractivity contribution in [2.45, 2.75) is 13.2 Å². The Morgan fingerprint density at radius 1 is 1.62 bits per heavy atom. The Morgan fingerprint density at radius 2 is 2.38 bits per heavy atom. The molecule has 0 radical (unpaired) electrons. The first kappa shape index (κ1) is 8.56. The molecule has 1 unspecified atom stereocenters. The molecule has 0 fully saturated rings. The fourth-order valence-corrected chi connectivity index (χ4v) is 1.58. The molecule has 0 saturated carbocycles. The lowest BCUT2D eigenvalue weighted by molar-refractivity contribution is -0.112. The van der Waals surface area contributed by atoms with Crippen molar-refractivity contribution >= 4 is 27.9 Å². The second kappa shape index (κ2) is 3.03. The molecular formula is C9H8BrNO2. The van der Waals surface area contributed by atoms with E-state index in [2.05, 4.69) is 21.2 Å². The zero-order valence-electron chi connectivity index (χ0n) is 7.00. The van der Waals surface area contributed by atoms with Crippen LogP contribution < -0.4 is 10.1 Å². The van der Waals surface area contributed by atoms with E-state index in [0.29, 0.717) is 0 Å². The van der Waals surface area contributed by atoms with Crippen molar-refractivity contribution in [3.05, 3.63) is 22.2 Å². The summed E-state index contributed by atoms with van der Waals surface area (Å²) in [6.45, 7) is 1.99. The predicted molar refractivity (Wildman–Crippen MR) is 53.0 cm³/mol. The predicted octanol–water partition coefficient (Wildman–Crippen LogP) is 2.09. The first-order valence-electron chi connectivity index (χ1n) is 3.89. The second-order valence-corrected chi connectivity index (χ2v) is 3.77. The average Bonchev–Trinajstić information content (AvgIpc) is 2.48. The van der Waals surface area contributed by atoms with Gasteiger partial charge in [-0.15, -0.1) is 0 Å². The second-order valence-electron chi connectivity index (χ2n) is 2.92. The molecule has 1 N–H and O–H groups in total. The number of nitrogens with one attached hydrogen (secondary N) is 1. The topological polar surface area (TPSA) is 38.3 Å². The van der Waals surface area contributed by atoms with Gasteiger partial charge in [-0.1, -0.05) is 15.9 Å². The van der Waals surface area contributed by atoms with Crippen LogP contribution in [0.4, 0.5) is 5.69 Å². The number of halogens is 1. The van der Waals surface area contributed by atoms with Crippen molar-refractivity contribution in [1.29, 1.82) is 0 Å². The summed E-state index contributed by atoms with van der Waals surface area (Å²) < 4.78 is 6.27. The molecule has 1 heterocycles. The molecule has 2 rings (SSSR count). The van der Waals surface area contributed by atoms with Crippen molar-refractivity contribution in [2.24, 2.45) is 0 Å². The van der Waals surface area contributed by atoms with E-state index in [1.807, 2.05) is 19.1 Å². The molecule has 1 aromatic rings. The highest BCUT2D eigenvalue weighted by Gasteiger charge is 2.21. The van der Waals surface area contributed by atoms with Gasteiger partial charge in [0.1, 0.15) is 5.75 Å². The molecule has 4 heteroatoms. The van der Waals surface area contributed by atoms with E-state index < -0.39 is 6.23 Å². The summed E-state index contributed by atoms with van der Waals surface area (Å²) in [6, 6.07) is 3.81. The highest BCUT2D eigenvalue weighted by Crippen LogP contribution is 2.35. The molecule has 1 atom stereocenters. The number of aldehydes is 1. The Morgan fingerprint density at radius 3 is 3.08 bits per heavy atom. The quantitative estimate of drug-likeness (QED) is 0.766. The summed E-state index contributed by atoms with van der Waals surface area (Å²) >= 11 is 3.39. The Kier molecular flexibility index (Phi) is 2.00. The zero-order chi connectivity index (χ0) is 9.42. The van der Waals surface area contributed by atoms with E-state index in [0.717, 1.165) is 27.8 Å². The Bertz CT molecular complexity index is 334. The van der Waals surface area contributed by atoms with Crippen LogP contribution in [-0.2, 0) is 4.79 Å². The molecule has 13 heavy (non-hydrogen) atoms. The maximum atomic E-state index is 10.4. The number of hydrogen-bond donors (Lipinski definition) is 1. The molecule has 0 amide bonds. The van der Waals surface area contributed by atoms with Gasteiger partial charge in [0.05, 0.1) is 5.69 Å². The van der Waals surface area contributed by atoms with Crippen molar-refractivity contribution < 1.29 is 9.53 Å². The number of aryl methyl sites for hydroxylation is 1. The highest BCUT2D eigenvalue weighted by molar-refractivity contribution is 9.10. The number of benzene rings is 1. The minimum atomic E-state index is -0.538. The van der Waals surface area contributed by atoms with Crippen LogP contribution in [0.5, 0.6) is 5.75 Å². The molecule has 0 spiro atoms. The van der Waals surface area contributed by atoms with Crippen molar-refractivity contribution in [2.75, 3.05) is 5.32 Å². The third-order valence-corrected chi connectivity index (χ3v) is 2.79. The molecule has 0 bridgehead atoms. The standard InChI is InChI=1S/C9H8BrNO2/c1-5-2-7-8(3-6(5)10)13-9(4-12)11-7/h2-4,9,11H,1H3. The molecule has 3 nitrogen and oxygen atoms in total. The van der Waals surface area contributed by atoms with Crippen LogP contribution in [0.15, 0.2) is 16.6 Å². The third kappa shape index (κ3) is 1.42. The lowest BCUT2D eigenvalue weighted by atomic mass is 10.2. The molecule has 1 aliphatic heterocycles. The van der Waals surface area contributed by atoms with E-state index in [1.165, 1.54) is 0 Å². The summed E-state index contributed by atoms with van der Waals surface area (Å²) in [5.74, 6) is 0.717. The van der Waals surface area contributed by atoms with Gasteiger partial charge in [-0.05, 0) is 24.6 Å². The first-order chi connectivity index (χ1) is 6.20. The number of fused-ring (bicyclic) bond motifs is 1. The summed E-state index contributed by atoms with van der Waals surface area (Å²) in [5.41, 5.74) is 1.99. The van der Waals surface area contributed by atoms with Crippen molar-refractivity contribution in [3.63, 3.8) is 0 Å². The fourth-order valence-electron chi connectivity index (χ4n) is 1.25. The Balaban J connectivity index is 2.41. The molecule has 0 saturated heterocycles. The van der Waals surface area contributed by atoms with Crippen molar-refractivity contribution in [1.82, 2.24) is 0 Å². The van der Waals surface area contributed by atoms with Crippen LogP contribution in [0.3, 0.4) is 0 Å². The van der Waals surface area contributed by atoms with E-state index >= 15 is 0 Å². The molecule has 0 aliphatic carbocycles. The van der Waals surface area contributed by atoms with E-state index in [1.54, 1.807) is 0 Å². The van der Waals surface area contributed by atoms with Crippen LogP contribution in [0.1, 0.15) is 5.56 Å². The van der Waals surface area contributed by atoms with Crippen LogP contribution in [-0.4, -0.2) is 12.5 Å². The fraction of sp³-hybridized carbons (Fsp3) is 0.222. The lowest BCUT2D eigenvalue weighted by Crippen LogP contribution is -2.20. The summed E-state index contributed by atoms with van der Waals surface area (Å²) in [7, 11) is 0. The largest absolute Gasteiger partial charge is 0.461 e. The van der Waals surface area contributed by atoms with E-state index in [4.69, 9.17) is 4.74 Å². The summed E-state index contributed by atoms with van der Waals surface area (Å²) in [4.78, 5) is 10.4. The lowest BCUT2D eigenvalue weighted by Gasteiger charge is -2.00. The minimum Gasteiger partial charge on any atom is -0.461 e. The van der Waals surface area contributed by atoms with Gasteiger partial charge in [0.2, 0.25) is 6.23 Å². The zero-order valence-corrected chi connectivity index (χ0v) is 8.59. The maximum absolute atomic E-state index is 10.4. The van der Waals surface area contributed by atoms with Crippen molar-refractivity contribution in [3.8, 4) is 5.75 Å². The molecule has 1 aromatic carbocycles. The number of anilines is 1. The van der Waals surface area contributed by atoms with Gasteiger partial charge < -0.3 is 10.1 Å². The third-order valence-electron chi connectivity index (χ3n) is 1.94.